The van der Waals surface area contributed by atoms with E-state index in [1.807, 2.05) is 0 Å². The zero-order valence-corrected chi connectivity index (χ0v) is 12.5. The van der Waals surface area contributed by atoms with Gasteiger partial charge in [-0.3, -0.25) is 0 Å². The van der Waals surface area contributed by atoms with E-state index in [1.54, 1.807) is 38.8 Å². The van der Waals surface area contributed by atoms with Gasteiger partial charge in [0.2, 0.25) is 9.84 Å². The summed E-state index contributed by atoms with van der Waals surface area (Å²) in [6.07, 6.45) is 0. The first-order chi connectivity index (χ1) is 8.64. The normalized spacial score (nSPS) is 19.1. The van der Waals surface area contributed by atoms with Crippen LogP contribution in [-0.4, -0.2) is 33.4 Å². The minimum atomic E-state index is -3.50. The molecule has 0 saturated carbocycles. The van der Waals surface area contributed by atoms with Gasteiger partial charge in [-0.2, -0.15) is 0 Å². The average molecular weight is 283 g/mol. The first-order valence-corrected chi connectivity index (χ1v) is 7.34. The third kappa shape index (κ3) is 1.66. The van der Waals surface area contributed by atoms with E-state index in [-0.39, 0.29) is 10.5 Å². The third-order valence-corrected chi connectivity index (χ3v) is 6.32. The van der Waals surface area contributed by atoms with Crippen molar-refractivity contribution in [3.8, 4) is 0 Å². The number of ether oxygens (including phenoxy) is 1. The second kappa shape index (κ2) is 3.96. The van der Waals surface area contributed by atoms with Gasteiger partial charge in [-0.1, -0.05) is 0 Å². The molecular formula is C13H17NO4S. The molecule has 0 fully saturated rings. The Balaban J connectivity index is 2.77. The van der Waals surface area contributed by atoms with Crippen molar-refractivity contribution in [2.75, 3.05) is 19.1 Å². The first-order valence-electron chi connectivity index (χ1n) is 5.86. The van der Waals surface area contributed by atoms with Crippen LogP contribution in [0, 0.1) is 6.92 Å². The number of nitrogens with zero attached hydrogens (tertiary/aromatic N) is 1. The summed E-state index contributed by atoms with van der Waals surface area (Å²) in [7, 11) is -0.482. The van der Waals surface area contributed by atoms with Gasteiger partial charge in [-0.05, 0) is 38.5 Å². The second-order valence-electron chi connectivity index (χ2n) is 5.14. The molecule has 0 atom stereocenters. The summed E-state index contributed by atoms with van der Waals surface area (Å²) in [5.74, 6) is -0.525. The number of fused-ring (bicyclic) bond motifs is 1. The number of benzene rings is 1. The van der Waals surface area contributed by atoms with Gasteiger partial charge in [0, 0.05) is 7.05 Å². The molecule has 0 unspecified atom stereocenters. The Hall–Kier alpha value is -1.56. The molecule has 104 valence electrons. The SMILES string of the molecule is COC(=O)c1cc2c(cc1C)N(C)C(C)(C)S2(=O)=O. The summed E-state index contributed by atoms with van der Waals surface area (Å²) in [5, 5.41) is 0. The highest BCUT2D eigenvalue weighted by Crippen LogP contribution is 2.44. The molecule has 0 aromatic heterocycles. The summed E-state index contributed by atoms with van der Waals surface area (Å²) in [6.45, 7) is 5.06. The van der Waals surface area contributed by atoms with Gasteiger partial charge in [0.15, 0.2) is 0 Å². The number of esters is 1. The average Bonchev–Trinajstić information content (AvgIpc) is 2.47. The van der Waals surface area contributed by atoms with E-state index in [1.165, 1.54) is 13.2 Å². The Morgan fingerprint density at radius 2 is 1.89 bits per heavy atom. The number of carbonyl (C=O) groups is 1. The van der Waals surface area contributed by atoms with Gasteiger partial charge in [-0.25, -0.2) is 13.2 Å². The zero-order valence-electron chi connectivity index (χ0n) is 11.6. The summed E-state index contributed by atoms with van der Waals surface area (Å²) in [5.41, 5.74) is 1.61. The van der Waals surface area contributed by atoms with Crippen LogP contribution in [0.1, 0.15) is 29.8 Å². The predicted molar refractivity (Wildman–Crippen MR) is 72.2 cm³/mol. The number of aryl methyl sites for hydroxylation is 1. The quantitative estimate of drug-likeness (QED) is 0.735. The Morgan fingerprint density at radius 3 is 2.42 bits per heavy atom. The van der Waals surface area contributed by atoms with E-state index in [9.17, 15) is 13.2 Å². The number of carbonyl (C=O) groups excluding carboxylic acids is 1. The van der Waals surface area contributed by atoms with Crippen LogP contribution in [0.15, 0.2) is 17.0 Å². The van der Waals surface area contributed by atoms with Gasteiger partial charge in [0.05, 0.1) is 23.3 Å². The van der Waals surface area contributed by atoms with Crippen LogP contribution in [0.4, 0.5) is 5.69 Å². The van der Waals surface area contributed by atoms with Gasteiger partial charge in [0.25, 0.3) is 0 Å². The molecule has 5 nitrogen and oxygen atoms in total. The molecule has 1 aliphatic rings. The predicted octanol–water partition coefficient (Wildman–Crippen LogP) is 1.74. The largest absolute Gasteiger partial charge is 0.465 e. The molecule has 0 spiro atoms. The molecule has 0 amide bonds. The molecule has 6 heteroatoms. The fourth-order valence-electron chi connectivity index (χ4n) is 2.22. The van der Waals surface area contributed by atoms with Gasteiger partial charge < -0.3 is 9.64 Å². The van der Waals surface area contributed by atoms with Crippen molar-refractivity contribution in [1.29, 1.82) is 0 Å². The van der Waals surface area contributed by atoms with Crippen LogP contribution in [0.3, 0.4) is 0 Å². The summed E-state index contributed by atoms with van der Waals surface area (Å²) in [6, 6.07) is 3.13. The molecule has 1 heterocycles. The van der Waals surface area contributed by atoms with E-state index >= 15 is 0 Å². The lowest BCUT2D eigenvalue weighted by Gasteiger charge is -2.28. The highest BCUT2D eigenvalue weighted by molar-refractivity contribution is 7.93. The van der Waals surface area contributed by atoms with E-state index in [4.69, 9.17) is 0 Å². The highest BCUT2D eigenvalue weighted by Gasteiger charge is 2.48. The Bertz CT molecular complexity index is 661. The standard InChI is InChI=1S/C13H17NO4S/c1-8-6-10-11(7-9(8)12(15)18-5)19(16,17)13(2,3)14(10)4/h6-7H,1-5H3. The molecule has 1 aromatic rings. The van der Waals surface area contributed by atoms with Crippen molar-refractivity contribution in [2.24, 2.45) is 0 Å². The maximum atomic E-state index is 12.5. The van der Waals surface area contributed by atoms with Crippen molar-refractivity contribution in [3.63, 3.8) is 0 Å². The van der Waals surface area contributed by atoms with Crippen molar-refractivity contribution in [2.45, 2.75) is 30.5 Å². The molecular weight excluding hydrogens is 266 g/mol. The van der Waals surface area contributed by atoms with Crippen LogP contribution < -0.4 is 4.90 Å². The molecule has 19 heavy (non-hydrogen) atoms. The Kier molecular flexibility index (Phi) is 2.89. The smallest absolute Gasteiger partial charge is 0.338 e. The summed E-state index contributed by atoms with van der Waals surface area (Å²) in [4.78, 5) is 12.5. The lowest BCUT2D eigenvalue weighted by Crippen LogP contribution is -2.42. The van der Waals surface area contributed by atoms with Crippen LogP contribution in [0.2, 0.25) is 0 Å². The van der Waals surface area contributed by atoms with Crippen LogP contribution in [0.5, 0.6) is 0 Å². The fourth-order valence-corrected chi connectivity index (χ4v) is 3.96. The number of sulfone groups is 1. The number of anilines is 1. The van der Waals surface area contributed by atoms with E-state index < -0.39 is 20.7 Å². The van der Waals surface area contributed by atoms with Gasteiger partial charge >= 0.3 is 5.97 Å². The lowest BCUT2D eigenvalue weighted by molar-refractivity contribution is 0.0599. The molecule has 0 bridgehead atoms. The summed E-state index contributed by atoms with van der Waals surface area (Å²) >= 11 is 0. The van der Waals surface area contributed by atoms with Crippen LogP contribution >= 0.6 is 0 Å². The lowest BCUT2D eigenvalue weighted by atomic mass is 10.1. The first kappa shape index (κ1) is 13.9. The molecule has 0 N–H and O–H groups in total. The Labute approximate surface area is 113 Å². The molecule has 1 aromatic carbocycles. The zero-order chi connectivity index (χ0) is 14.6. The van der Waals surface area contributed by atoms with Crippen LogP contribution in [-0.2, 0) is 14.6 Å². The third-order valence-electron chi connectivity index (χ3n) is 3.83. The topological polar surface area (TPSA) is 63.7 Å². The van der Waals surface area contributed by atoms with E-state index in [2.05, 4.69) is 4.74 Å². The van der Waals surface area contributed by atoms with Crippen molar-refractivity contribution in [1.82, 2.24) is 0 Å². The molecule has 0 radical (unpaired) electrons. The number of hydrogen-bond donors (Lipinski definition) is 0. The molecule has 2 rings (SSSR count). The van der Waals surface area contributed by atoms with Gasteiger partial charge in [0.1, 0.15) is 4.87 Å². The van der Waals surface area contributed by atoms with E-state index in [0.29, 0.717) is 11.3 Å². The number of hydrogen-bond acceptors (Lipinski definition) is 5. The van der Waals surface area contributed by atoms with Crippen molar-refractivity contribution >= 4 is 21.5 Å². The van der Waals surface area contributed by atoms with E-state index in [0.717, 1.165) is 0 Å². The minimum Gasteiger partial charge on any atom is -0.465 e. The highest BCUT2D eigenvalue weighted by atomic mass is 32.2. The number of rotatable bonds is 1. The van der Waals surface area contributed by atoms with Crippen LogP contribution in [0.25, 0.3) is 0 Å². The molecule has 1 aliphatic heterocycles. The van der Waals surface area contributed by atoms with Crippen molar-refractivity contribution in [3.05, 3.63) is 23.3 Å². The monoisotopic (exact) mass is 283 g/mol. The van der Waals surface area contributed by atoms with Crippen molar-refractivity contribution < 1.29 is 17.9 Å². The molecule has 0 saturated heterocycles. The Morgan fingerprint density at radius 1 is 1.32 bits per heavy atom. The summed E-state index contributed by atoms with van der Waals surface area (Å²) < 4.78 is 29.7. The maximum Gasteiger partial charge on any atom is 0.338 e. The maximum absolute atomic E-state index is 12.5. The minimum absolute atomic E-state index is 0.186. The van der Waals surface area contributed by atoms with Gasteiger partial charge in [-0.15, -0.1) is 0 Å². The fraction of sp³-hybridized carbons (Fsp3) is 0.462. The number of methoxy groups -OCH3 is 1. The molecule has 0 aliphatic carbocycles. The second-order valence-corrected chi connectivity index (χ2v) is 7.58.